The van der Waals surface area contributed by atoms with E-state index in [9.17, 15) is 0 Å². The van der Waals surface area contributed by atoms with Gasteiger partial charge in [0, 0.05) is 7.44 Å². The van der Waals surface area contributed by atoms with Gasteiger partial charge in [0.15, 0.2) is 0 Å². The van der Waals surface area contributed by atoms with Crippen LogP contribution in [0.4, 0.5) is 0 Å². The normalized spacial score (nSPS) is 2.00. The van der Waals surface area contributed by atoms with Crippen LogP contribution in [-0.4, -0.2) is 17.6 Å². The maximum absolute atomic E-state index is 4.64. The Kier molecular flexibility index (Phi) is 66.3. The maximum atomic E-state index is 4.64. The summed E-state index contributed by atoms with van der Waals surface area (Å²) >= 11 is 0. The van der Waals surface area contributed by atoms with Gasteiger partial charge in [-0.3, -0.25) is 0 Å². The van der Waals surface area contributed by atoms with E-state index in [1.54, 1.807) is 0 Å². The first-order chi connectivity index (χ1) is 1.00. The fourth-order valence-corrected chi connectivity index (χ4v) is 0. The zero-order valence-electron chi connectivity index (χ0n) is 5.58. The summed E-state index contributed by atoms with van der Waals surface area (Å²) < 4.78 is 0. The summed E-state index contributed by atoms with van der Waals surface area (Å²) in [6, 6.07) is 0. The van der Waals surface area contributed by atoms with E-state index in [-0.39, 0.29) is 83.8 Å². The van der Waals surface area contributed by atoms with E-state index in [2.05, 4.69) is 7.44 Å². The standard InChI is InChI=1S/BH3Si.K.Na.2H/c1-2;;;;/h2H3;;;;/q;2*+1;2*-1. The Balaban J connectivity index is -0.000000000833. The molecule has 0 heterocycles. The molecule has 0 nitrogen and oxygen atoms in total. The van der Waals surface area contributed by atoms with Crippen molar-refractivity contribution in [3.8, 4) is 0 Å². The van der Waals surface area contributed by atoms with Crippen molar-refractivity contribution in [3.63, 3.8) is 0 Å². The molecule has 0 bridgehead atoms. The van der Waals surface area contributed by atoms with E-state index < -0.39 is 0 Å². The molecule has 4 heteroatoms. The summed E-state index contributed by atoms with van der Waals surface area (Å²) in [5, 5.41) is 0. The maximum Gasteiger partial charge on any atom is 1.00 e. The van der Waals surface area contributed by atoms with Gasteiger partial charge in [0.1, 0.15) is 0 Å². The van der Waals surface area contributed by atoms with Gasteiger partial charge in [-0.15, -0.1) is 0 Å². The Morgan fingerprint density at radius 2 is 1.50 bits per heavy atom. The number of hydrogen-bond acceptors (Lipinski definition) is 0. The van der Waals surface area contributed by atoms with Crippen LogP contribution >= 0.6 is 0 Å². The number of rotatable bonds is 0. The van der Waals surface area contributed by atoms with Crippen molar-refractivity contribution in [2.45, 2.75) is 0 Å². The van der Waals surface area contributed by atoms with Gasteiger partial charge in [0.2, 0.25) is 0 Å². The summed E-state index contributed by atoms with van der Waals surface area (Å²) in [5.74, 6) is 0. The molecule has 0 rings (SSSR count). The second-order valence-electron chi connectivity index (χ2n) is 0. The average Bonchev–Trinajstić information content (AvgIpc) is 1.00. The second-order valence-corrected chi connectivity index (χ2v) is 0. The first-order valence-corrected chi connectivity index (χ1v) is 1.73. The summed E-state index contributed by atoms with van der Waals surface area (Å²) in [6.45, 7) is 0. The van der Waals surface area contributed by atoms with Crippen LogP contribution in [0.5, 0.6) is 0 Å². The van der Waals surface area contributed by atoms with Gasteiger partial charge in [0.25, 0.3) is 0 Å². The molecule has 2 radical (unpaired) electrons. The molecule has 0 spiro atoms. The van der Waals surface area contributed by atoms with Crippen LogP contribution in [0, 0.1) is 0 Å². The average molecular weight is 106 g/mol. The molecule has 0 aromatic heterocycles. The van der Waals surface area contributed by atoms with Crippen LogP contribution < -0.4 is 80.9 Å². The molecule has 0 saturated carbocycles. The van der Waals surface area contributed by atoms with E-state index in [0.29, 0.717) is 0 Å². The predicted molar refractivity (Wildman–Crippen MR) is 17.9 cm³/mol. The molecule has 0 fully saturated rings. The van der Waals surface area contributed by atoms with Crippen molar-refractivity contribution in [2.24, 2.45) is 0 Å². The molecule has 0 aromatic carbocycles. The van der Waals surface area contributed by atoms with E-state index in [4.69, 9.17) is 0 Å². The molecule has 0 atom stereocenters. The molecule has 0 aliphatic heterocycles. The predicted octanol–water partition coefficient (Wildman–Crippen LogP) is -7.33. The zero-order valence-corrected chi connectivity index (χ0v) is 10.7. The van der Waals surface area contributed by atoms with Gasteiger partial charge in [0.05, 0.1) is 0 Å². The van der Waals surface area contributed by atoms with E-state index >= 15 is 0 Å². The van der Waals surface area contributed by atoms with Gasteiger partial charge in [-0.2, -0.15) is 0 Å². The van der Waals surface area contributed by atoms with Crippen LogP contribution in [-0.2, 0) is 0 Å². The molecule has 4 heavy (non-hydrogen) atoms. The fourth-order valence-electron chi connectivity index (χ4n) is 0. The van der Waals surface area contributed by atoms with E-state index in [1.165, 1.54) is 0 Å². The summed E-state index contributed by atoms with van der Waals surface area (Å²) in [7, 11) is 5.44. The molecule has 0 aliphatic carbocycles. The molecule has 0 unspecified atom stereocenters. The van der Waals surface area contributed by atoms with Crippen molar-refractivity contribution >= 4 is 17.6 Å². The van der Waals surface area contributed by atoms with Crippen molar-refractivity contribution in [2.75, 3.05) is 0 Å². The first-order valence-electron chi connectivity index (χ1n) is 0.577. The Morgan fingerprint density at radius 1 is 1.50 bits per heavy atom. The van der Waals surface area contributed by atoms with Crippen LogP contribution in [0.2, 0.25) is 0 Å². The summed E-state index contributed by atoms with van der Waals surface area (Å²) in [6.07, 6.45) is 0. The second kappa shape index (κ2) is 16.8. The largest absolute Gasteiger partial charge is 1.00 e. The minimum atomic E-state index is 0. The third kappa shape index (κ3) is 8.87. The van der Waals surface area contributed by atoms with E-state index in [0.717, 1.165) is 10.1 Å². The molecular formula is H5BKNaSi. The van der Waals surface area contributed by atoms with Gasteiger partial charge >= 0.3 is 80.9 Å². The van der Waals surface area contributed by atoms with Crippen molar-refractivity contribution in [1.29, 1.82) is 0 Å². The topological polar surface area (TPSA) is 0 Å². The smallest absolute Gasteiger partial charge is 1.00 e. The van der Waals surface area contributed by atoms with Crippen LogP contribution in [0.15, 0.2) is 0 Å². The molecular weight excluding hydrogens is 101 g/mol. The van der Waals surface area contributed by atoms with E-state index in [1.807, 2.05) is 0 Å². The number of hydrogen-bond donors (Lipinski definition) is 0. The van der Waals surface area contributed by atoms with Crippen molar-refractivity contribution in [3.05, 3.63) is 0 Å². The van der Waals surface area contributed by atoms with Gasteiger partial charge < -0.3 is 2.85 Å². The van der Waals surface area contributed by atoms with Crippen LogP contribution in [0.1, 0.15) is 2.85 Å². The van der Waals surface area contributed by atoms with Crippen molar-refractivity contribution in [1.82, 2.24) is 0 Å². The zero-order chi connectivity index (χ0) is 2.00. The molecule has 0 saturated heterocycles. The Bertz CT molecular complexity index is 13.5. The van der Waals surface area contributed by atoms with Crippen LogP contribution in [0.3, 0.4) is 0 Å². The van der Waals surface area contributed by atoms with Gasteiger partial charge in [-0.1, -0.05) is 0 Å². The summed E-state index contributed by atoms with van der Waals surface area (Å²) in [5.41, 5.74) is 0. The van der Waals surface area contributed by atoms with Gasteiger partial charge in [-0.05, 0) is 10.1 Å². The molecule has 0 N–H and O–H groups in total. The van der Waals surface area contributed by atoms with Crippen molar-refractivity contribution < 1.29 is 83.8 Å². The Hall–Kier alpha value is 2.92. The SMILES string of the molecule is [B][SiH3].[H-].[H-].[K+].[Na+]. The molecule has 0 aromatic rings. The van der Waals surface area contributed by atoms with Crippen LogP contribution in [0.25, 0.3) is 0 Å². The third-order valence-electron chi connectivity index (χ3n) is 0. The molecule has 14 valence electrons. The molecule has 0 aliphatic rings. The summed E-state index contributed by atoms with van der Waals surface area (Å²) in [4.78, 5) is 0. The quantitative estimate of drug-likeness (QED) is 0.269. The first kappa shape index (κ1) is 15.8. The third-order valence-corrected chi connectivity index (χ3v) is 0. The van der Waals surface area contributed by atoms with Gasteiger partial charge in [-0.25, -0.2) is 0 Å². The Morgan fingerprint density at radius 3 is 1.50 bits per heavy atom. The molecule has 0 amide bonds. The fraction of sp³-hybridized carbons (Fsp3) is 0. The Labute approximate surface area is 98.9 Å². The minimum absolute atomic E-state index is 0. The monoisotopic (exact) mass is 106 g/mol. The minimum Gasteiger partial charge on any atom is -1.00 e.